The second-order valence-electron chi connectivity index (χ2n) is 6.86. The Bertz CT molecular complexity index is 569. The molecule has 0 radical (unpaired) electrons. The smallest absolute Gasteiger partial charge is 0.255 e. The molecule has 1 heterocycles. The third-order valence-electron chi connectivity index (χ3n) is 4.53. The molecule has 0 unspecified atom stereocenters. The van der Waals surface area contributed by atoms with Gasteiger partial charge in [-0.2, -0.15) is 0 Å². The predicted octanol–water partition coefficient (Wildman–Crippen LogP) is 2.49. The second kappa shape index (κ2) is 8.19. The van der Waals surface area contributed by atoms with Crippen molar-refractivity contribution in [3.05, 3.63) is 28.8 Å². The molecule has 1 fully saturated rings. The van der Waals surface area contributed by atoms with Crippen LogP contribution in [-0.2, 0) is 0 Å². The Morgan fingerprint density at radius 1 is 1.29 bits per heavy atom. The van der Waals surface area contributed by atoms with Crippen molar-refractivity contribution in [1.29, 1.82) is 0 Å². The van der Waals surface area contributed by atoms with Crippen LogP contribution in [-0.4, -0.2) is 67.6 Å². The van der Waals surface area contributed by atoms with E-state index in [1.807, 2.05) is 6.92 Å². The molecule has 5 nitrogen and oxygen atoms in total. The third-order valence-corrected chi connectivity index (χ3v) is 4.76. The van der Waals surface area contributed by atoms with E-state index >= 15 is 0 Å². The number of rotatable bonds is 6. The zero-order valence-corrected chi connectivity index (χ0v) is 15.8. The topological polar surface area (TPSA) is 44.8 Å². The zero-order chi connectivity index (χ0) is 17.7. The van der Waals surface area contributed by atoms with Gasteiger partial charge in [-0.25, -0.2) is 0 Å². The summed E-state index contributed by atoms with van der Waals surface area (Å²) >= 11 is 6.00. The number of carbonyl (C=O) groups is 1. The summed E-state index contributed by atoms with van der Waals surface area (Å²) in [6.07, 6.45) is 0. The van der Waals surface area contributed by atoms with E-state index in [2.05, 4.69) is 36.0 Å². The summed E-state index contributed by atoms with van der Waals surface area (Å²) in [5.74, 6) is 0.400. The Morgan fingerprint density at radius 3 is 2.58 bits per heavy atom. The SMILES string of the molecule is CCOc1cc(Cl)ccc1C(=O)NCC(C)(C)N1CCN(C)CC1. The molecule has 1 aromatic carbocycles. The van der Waals surface area contributed by atoms with Crippen LogP contribution in [0.3, 0.4) is 0 Å². The molecule has 1 saturated heterocycles. The first-order valence-corrected chi connectivity index (χ1v) is 8.85. The summed E-state index contributed by atoms with van der Waals surface area (Å²) in [7, 11) is 2.14. The highest BCUT2D eigenvalue weighted by molar-refractivity contribution is 6.30. The first-order valence-electron chi connectivity index (χ1n) is 8.47. The van der Waals surface area contributed by atoms with Gasteiger partial charge in [-0.3, -0.25) is 9.69 Å². The summed E-state index contributed by atoms with van der Waals surface area (Å²) in [5, 5.41) is 3.61. The van der Waals surface area contributed by atoms with Gasteiger partial charge in [-0.05, 0) is 46.0 Å². The lowest BCUT2D eigenvalue weighted by atomic mass is 10.0. The van der Waals surface area contributed by atoms with E-state index in [1.165, 1.54) is 0 Å². The van der Waals surface area contributed by atoms with Gasteiger partial charge in [-0.1, -0.05) is 11.6 Å². The van der Waals surface area contributed by atoms with Crippen molar-refractivity contribution in [1.82, 2.24) is 15.1 Å². The largest absolute Gasteiger partial charge is 0.493 e. The minimum Gasteiger partial charge on any atom is -0.493 e. The first-order chi connectivity index (χ1) is 11.3. The minimum atomic E-state index is -0.127. The van der Waals surface area contributed by atoms with E-state index in [4.69, 9.17) is 16.3 Å². The van der Waals surface area contributed by atoms with Crippen LogP contribution in [0.5, 0.6) is 5.75 Å². The summed E-state index contributed by atoms with van der Waals surface area (Å²) in [5.41, 5.74) is 0.435. The van der Waals surface area contributed by atoms with E-state index in [0.29, 0.717) is 29.5 Å². The molecule has 1 aromatic rings. The Labute approximate surface area is 149 Å². The lowest BCUT2D eigenvalue weighted by molar-refractivity contribution is 0.0587. The Balaban J connectivity index is 1.99. The van der Waals surface area contributed by atoms with Crippen LogP contribution in [0, 0.1) is 0 Å². The molecule has 1 aliphatic heterocycles. The number of nitrogens with zero attached hydrogens (tertiary/aromatic N) is 2. The molecule has 134 valence electrons. The molecule has 2 rings (SSSR count). The fraction of sp³-hybridized carbons (Fsp3) is 0.611. The number of ether oxygens (including phenoxy) is 1. The third kappa shape index (κ3) is 4.85. The molecule has 0 aliphatic carbocycles. The van der Waals surface area contributed by atoms with Gasteiger partial charge in [0.2, 0.25) is 0 Å². The molecule has 0 atom stereocenters. The Hall–Kier alpha value is -1.30. The maximum absolute atomic E-state index is 12.6. The van der Waals surface area contributed by atoms with E-state index in [9.17, 15) is 4.79 Å². The number of nitrogens with one attached hydrogen (secondary N) is 1. The zero-order valence-electron chi connectivity index (χ0n) is 15.1. The van der Waals surface area contributed by atoms with Crippen molar-refractivity contribution in [3.8, 4) is 5.75 Å². The maximum atomic E-state index is 12.6. The lowest BCUT2D eigenvalue weighted by Crippen LogP contribution is -2.57. The van der Waals surface area contributed by atoms with Crippen LogP contribution in [0.25, 0.3) is 0 Å². The minimum absolute atomic E-state index is 0.0882. The average molecular weight is 354 g/mol. The number of benzene rings is 1. The number of hydrogen-bond donors (Lipinski definition) is 1. The van der Waals surface area contributed by atoms with E-state index in [0.717, 1.165) is 26.2 Å². The van der Waals surface area contributed by atoms with Crippen LogP contribution in [0.15, 0.2) is 18.2 Å². The monoisotopic (exact) mass is 353 g/mol. The molecule has 0 saturated carbocycles. The number of amides is 1. The highest BCUT2D eigenvalue weighted by atomic mass is 35.5. The average Bonchev–Trinajstić information content (AvgIpc) is 2.54. The molecular formula is C18H28ClN3O2. The number of hydrogen-bond acceptors (Lipinski definition) is 4. The molecule has 1 N–H and O–H groups in total. The van der Waals surface area contributed by atoms with Crippen molar-refractivity contribution in [2.24, 2.45) is 0 Å². The van der Waals surface area contributed by atoms with E-state index < -0.39 is 0 Å². The molecule has 6 heteroatoms. The standard InChI is InChI=1S/C18H28ClN3O2/c1-5-24-16-12-14(19)6-7-15(16)17(23)20-13-18(2,3)22-10-8-21(4)9-11-22/h6-7,12H,5,8-11,13H2,1-4H3,(H,20,23). The molecule has 1 aliphatic rings. The van der Waals surface area contributed by atoms with Gasteiger partial charge in [0.1, 0.15) is 5.75 Å². The fourth-order valence-electron chi connectivity index (χ4n) is 2.87. The van der Waals surface area contributed by atoms with Gasteiger partial charge in [0.25, 0.3) is 5.91 Å². The summed E-state index contributed by atoms with van der Waals surface area (Å²) < 4.78 is 5.54. The van der Waals surface area contributed by atoms with E-state index in [1.54, 1.807) is 18.2 Å². The molecular weight excluding hydrogens is 326 g/mol. The Morgan fingerprint density at radius 2 is 1.96 bits per heavy atom. The van der Waals surface area contributed by atoms with Gasteiger partial charge in [0, 0.05) is 43.3 Å². The number of halogens is 1. The van der Waals surface area contributed by atoms with Gasteiger partial charge >= 0.3 is 0 Å². The van der Waals surface area contributed by atoms with Crippen LogP contribution >= 0.6 is 11.6 Å². The molecule has 0 bridgehead atoms. The van der Waals surface area contributed by atoms with Crippen LogP contribution in [0.4, 0.5) is 0 Å². The van der Waals surface area contributed by atoms with Gasteiger partial charge in [-0.15, -0.1) is 0 Å². The number of piperazine rings is 1. The number of carbonyl (C=O) groups excluding carboxylic acids is 1. The van der Waals surface area contributed by atoms with Gasteiger partial charge in [0.05, 0.1) is 12.2 Å². The first kappa shape index (κ1) is 19.0. The van der Waals surface area contributed by atoms with Crippen LogP contribution in [0.1, 0.15) is 31.1 Å². The normalized spacial score (nSPS) is 16.9. The van der Waals surface area contributed by atoms with Crippen LogP contribution in [0.2, 0.25) is 5.02 Å². The molecule has 1 amide bonds. The fourth-order valence-corrected chi connectivity index (χ4v) is 3.04. The maximum Gasteiger partial charge on any atom is 0.255 e. The molecule has 24 heavy (non-hydrogen) atoms. The van der Waals surface area contributed by atoms with Crippen molar-refractivity contribution in [2.75, 3.05) is 46.4 Å². The van der Waals surface area contributed by atoms with Crippen molar-refractivity contribution in [3.63, 3.8) is 0 Å². The van der Waals surface area contributed by atoms with Gasteiger partial charge in [0.15, 0.2) is 0 Å². The summed E-state index contributed by atoms with van der Waals surface area (Å²) in [6, 6.07) is 5.11. The van der Waals surface area contributed by atoms with Crippen molar-refractivity contribution in [2.45, 2.75) is 26.3 Å². The quantitative estimate of drug-likeness (QED) is 0.853. The lowest BCUT2D eigenvalue weighted by Gasteiger charge is -2.43. The second-order valence-corrected chi connectivity index (χ2v) is 7.30. The van der Waals surface area contributed by atoms with Crippen molar-refractivity contribution >= 4 is 17.5 Å². The van der Waals surface area contributed by atoms with Crippen molar-refractivity contribution < 1.29 is 9.53 Å². The Kier molecular flexibility index (Phi) is 6.49. The van der Waals surface area contributed by atoms with Gasteiger partial charge < -0.3 is 15.0 Å². The summed E-state index contributed by atoms with van der Waals surface area (Å²) in [4.78, 5) is 17.3. The molecule has 0 aromatic heterocycles. The number of likely N-dealkylation sites (N-methyl/N-ethyl adjacent to an activating group) is 1. The highest BCUT2D eigenvalue weighted by Gasteiger charge is 2.29. The van der Waals surface area contributed by atoms with Crippen LogP contribution < -0.4 is 10.1 Å². The highest BCUT2D eigenvalue weighted by Crippen LogP contribution is 2.24. The summed E-state index contributed by atoms with van der Waals surface area (Å²) in [6.45, 7) is 11.5. The predicted molar refractivity (Wildman–Crippen MR) is 98.1 cm³/mol. The van der Waals surface area contributed by atoms with E-state index in [-0.39, 0.29) is 11.4 Å². The molecule has 0 spiro atoms.